The Labute approximate surface area is 177 Å². The van der Waals surface area contributed by atoms with Gasteiger partial charge >= 0.3 is 0 Å². The molecule has 0 spiro atoms. The van der Waals surface area contributed by atoms with Crippen LogP contribution in [0.1, 0.15) is 15.9 Å². The third-order valence-electron chi connectivity index (χ3n) is 6.91. The highest BCUT2D eigenvalue weighted by Crippen LogP contribution is 2.43. The monoisotopic (exact) mass is 408 g/mol. The molecule has 4 aliphatic rings. The number of methoxy groups -OCH3 is 2. The molecule has 0 radical (unpaired) electrons. The molecule has 0 aliphatic carbocycles. The highest BCUT2D eigenvalue weighted by atomic mass is 16.5. The summed E-state index contributed by atoms with van der Waals surface area (Å²) in [5.41, 5.74) is 1.62. The van der Waals surface area contributed by atoms with E-state index in [1.54, 1.807) is 19.2 Å². The van der Waals surface area contributed by atoms with Gasteiger partial charge in [-0.05, 0) is 11.6 Å². The summed E-state index contributed by atoms with van der Waals surface area (Å²) in [6.07, 6.45) is 0. The molecule has 4 aliphatic heterocycles. The second kappa shape index (κ2) is 7.56. The predicted octanol–water partition coefficient (Wildman–Crippen LogP) is 1.40. The van der Waals surface area contributed by atoms with Gasteiger partial charge in [-0.25, -0.2) is 0 Å². The summed E-state index contributed by atoms with van der Waals surface area (Å²) in [6.45, 7) is 6.17. The van der Waals surface area contributed by atoms with Crippen LogP contribution in [0.5, 0.6) is 11.8 Å². The number of aromatic nitrogens is 1. The molecule has 7 heteroatoms. The third kappa shape index (κ3) is 3.13. The van der Waals surface area contributed by atoms with E-state index in [9.17, 15) is 4.79 Å². The normalized spacial score (nSPS) is 31.8. The summed E-state index contributed by atoms with van der Waals surface area (Å²) < 4.78 is 10.6. The molecular weight excluding hydrogens is 380 g/mol. The van der Waals surface area contributed by atoms with Crippen molar-refractivity contribution in [2.45, 2.75) is 11.5 Å². The van der Waals surface area contributed by atoms with Crippen LogP contribution in [0.3, 0.4) is 0 Å². The van der Waals surface area contributed by atoms with Gasteiger partial charge in [0.05, 0.1) is 14.2 Å². The van der Waals surface area contributed by atoms with E-state index >= 15 is 0 Å². The summed E-state index contributed by atoms with van der Waals surface area (Å²) in [5, 5.41) is 3.40. The van der Waals surface area contributed by atoms with Crippen LogP contribution in [0.4, 0.5) is 0 Å². The van der Waals surface area contributed by atoms with Gasteiger partial charge in [-0.15, -0.1) is 0 Å². The standard InChI is InChI=1S/C23H28N4O3/c1-29-19-9-8-18(22(24-19)30-2)21(28)25-20-16-12-26-10-11-27(13-16)15-23(20,14-26)17-6-4-3-5-7-17/h3-9,16,20H,10-15H2,1-2H3,(H,25,28)/t16?,20-,23?/m1/s1. The summed E-state index contributed by atoms with van der Waals surface area (Å²) in [6, 6.07) is 14.2. The molecule has 2 aromatic rings. The number of nitrogens with zero attached hydrogens (tertiary/aromatic N) is 3. The lowest BCUT2D eigenvalue weighted by Crippen LogP contribution is -2.70. The van der Waals surface area contributed by atoms with E-state index in [-0.39, 0.29) is 23.2 Å². The lowest BCUT2D eigenvalue weighted by molar-refractivity contribution is 0.0180. The fourth-order valence-electron chi connectivity index (χ4n) is 5.65. The molecule has 1 amide bonds. The minimum atomic E-state index is -0.140. The molecule has 1 aromatic heterocycles. The number of pyridine rings is 1. The number of nitrogens with one attached hydrogen (secondary N) is 1. The van der Waals surface area contributed by atoms with E-state index in [0.717, 1.165) is 39.3 Å². The van der Waals surface area contributed by atoms with Crippen LogP contribution >= 0.6 is 0 Å². The average molecular weight is 409 g/mol. The molecule has 0 saturated carbocycles. The van der Waals surface area contributed by atoms with Gasteiger partial charge in [-0.3, -0.25) is 4.79 Å². The number of amides is 1. The number of carbonyl (C=O) groups excluding carboxylic acids is 1. The van der Waals surface area contributed by atoms with Gasteiger partial charge in [-0.1, -0.05) is 30.3 Å². The fraction of sp³-hybridized carbons (Fsp3) is 0.478. The van der Waals surface area contributed by atoms with Crippen LogP contribution < -0.4 is 14.8 Å². The lowest BCUT2D eigenvalue weighted by Gasteiger charge is -2.55. The number of fused-ring (bicyclic) bond motifs is 1. The van der Waals surface area contributed by atoms with Crippen LogP contribution in [-0.4, -0.2) is 80.2 Å². The van der Waals surface area contributed by atoms with Crippen LogP contribution in [0.2, 0.25) is 0 Å². The van der Waals surface area contributed by atoms with Crippen molar-refractivity contribution >= 4 is 5.91 Å². The third-order valence-corrected chi connectivity index (χ3v) is 6.91. The number of piperidine rings is 2. The Hall–Kier alpha value is -2.64. The average Bonchev–Trinajstić information content (AvgIpc) is 3.04. The molecule has 4 saturated heterocycles. The van der Waals surface area contributed by atoms with Gasteiger partial charge in [0.1, 0.15) is 5.56 Å². The van der Waals surface area contributed by atoms with Crippen molar-refractivity contribution in [2.75, 3.05) is 53.5 Å². The smallest absolute Gasteiger partial charge is 0.257 e. The first-order chi connectivity index (χ1) is 14.6. The van der Waals surface area contributed by atoms with Crippen molar-refractivity contribution in [3.05, 3.63) is 53.6 Å². The van der Waals surface area contributed by atoms with Crippen molar-refractivity contribution in [3.63, 3.8) is 0 Å². The first-order valence-corrected chi connectivity index (χ1v) is 10.5. The zero-order valence-electron chi connectivity index (χ0n) is 17.5. The van der Waals surface area contributed by atoms with E-state index in [4.69, 9.17) is 9.47 Å². The maximum Gasteiger partial charge on any atom is 0.257 e. The molecule has 2 unspecified atom stereocenters. The molecule has 4 bridgehead atoms. The molecule has 1 aromatic carbocycles. The van der Waals surface area contributed by atoms with E-state index < -0.39 is 0 Å². The number of rotatable bonds is 5. The van der Waals surface area contributed by atoms with Gasteiger partial charge in [0, 0.05) is 62.7 Å². The van der Waals surface area contributed by atoms with Crippen molar-refractivity contribution < 1.29 is 14.3 Å². The minimum absolute atomic E-state index is 0.0600. The van der Waals surface area contributed by atoms with Gasteiger partial charge in [0.2, 0.25) is 11.8 Å². The second-order valence-electron chi connectivity index (χ2n) is 8.61. The topological polar surface area (TPSA) is 66.9 Å². The van der Waals surface area contributed by atoms with Gasteiger partial charge in [0.25, 0.3) is 5.91 Å². The molecule has 3 atom stereocenters. The van der Waals surface area contributed by atoms with Crippen LogP contribution in [0, 0.1) is 5.92 Å². The molecule has 30 heavy (non-hydrogen) atoms. The highest BCUT2D eigenvalue weighted by Gasteiger charge is 2.55. The van der Waals surface area contributed by atoms with E-state index in [1.807, 2.05) is 0 Å². The largest absolute Gasteiger partial charge is 0.481 e. The Kier molecular flexibility index (Phi) is 4.87. The Morgan fingerprint density at radius 3 is 2.37 bits per heavy atom. The maximum absolute atomic E-state index is 13.4. The molecule has 1 N–H and O–H groups in total. The number of hydrogen-bond acceptors (Lipinski definition) is 6. The van der Waals surface area contributed by atoms with Crippen molar-refractivity contribution in [1.29, 1.82) is 0 Å². The number of ether oxygens (including phenoxy) is 2. The SMILES string of the molecule is COc1ccc(C(=O)N[C@@H]2C3CN4CCN(C3)CC2(c2ccccc2)C4)c(OC)n1. The van der Waals surface area contributed by atoms with Crippen molar-refractivity contribution in [1.82, 2.24) is 20.1 Å². The highest BCUT2D eigenvalue weighted by molar-refractivity contribution is 5.96. The van der Waals surface area contributed by atoms with E-state index in [2.05, 4.69) is 50.4 Å². The van der Waals surface area contributed by atoms with E-state index in [1.165, 1.54) is 12.7 Å². The maximum atomic E-state index is 13.4. The number of hydrogen-bond donors (Lipinski definition) is 1. The Morgan fingerprint density at radius 2 is 1.73 bits per heavy atom. The first kappa shape index (κ1) is 19.3. The van der Waals surface area contributed by atoms with E-state index in [0.29, 0.717) is 17.4 Å². The Balaban J connectivity index is 1.51. The van der Waals surface area contributed by atoms with Gasteiger partial charge in [0.15, 0.2) is 0 Å². The number of carbonyl (C=O) groups is 1. The predicted molar refractivity (Wildman–Crippen MR) is 113 cm³/mol. The Bertz CT molecular complexity index is 919. The molecule has 158 valence electrons. The molecular formula is C23H28N4O3. The zero-order valence-corrected chi connectivity index (χ0v) is 17.5. The summed E-state index contributed by atoms with van der Waals surface area (Å²) in [7, 11) is 3.07. The molecule has 5 heterocycles. The summed E-state index contributed by atoms with van der Waals surface area (Å²) in [4.78, 5) is 22.8. The van der Waals surface area contributed by atoms with Gasteiger partial charge in [-0.2, -0.15) is 4.98 Å². The van der Waals surface area contributed by atoms with Crippen LogP contribution in [0.25, 0.3) is 0 Å². The Morgan fingerprint density at radius 1 is 1.03 bits per heavy atom. The zero-order chi connectivity index (χ0) is 20.7. The quantitative estimate of drug-likeness (QED) is 0.807. The minimum Gasteiger partial charge on any atom is -0.481 e. The molecule has 7 nitrogen and oxygen atoms in total. The molecule has 4 fully saturated rings. The lowest BCUT2D eigenvalue weighted by atomic mass is 9.64. The number of benzene rings is 1. The summed E-state index contributed by atoms with van der Waals surface area (Å²) in [5.74, 6) is 0.958. The van der Waals surface area contributed by atoms with Crippen LogP contribution in [-0.2, 0) is 5.41 Å². The van der Waals surface area contributed by atoms with Gasteiger partial charge < -0.3 is 24.6 Å². The fourth-order valence-corrected chi connectivity index (χ4v) is 5.65. The second-order valence-corrected chi connectivity index (χ2v) is 8.61. The first-order valence-electron chi connectivity index (χ1n) is 10.5. The van der Waals surface area contributed by atoms with Crippen LogP contribution in [0.15, 0.2) is 42.5 Å². The van der Waals surface area contributed by atoms with Crippen molar-refractivity contribution in [3.8, 4) is 11.8 Å². The molecule has 6 rings (SSSR count). The van der Waals surface area contributed by atoms with Crippen molar-refractivity contribution in [2.24, 2.45) is 5.92 Å². The summed E-state index contributed by atoms with van der Waals surface area (Å²) >= 11 is 0.